The lowest BCUT2D eigenvalue weighted by Gasteiger charge is -2.12. The number of rotatable bonds is 3. The molecule has 0 nitrogen and oxygen atoms in total. The summed E-state index contributed by atoms with van der Waals surface area (Å²) in [5.41, 5.74) is 1.40. The van der Waals surface area contributed by atoms with Gasteiger partial charge in [-0.15, -0.1) is 0 Å². The van der Waals surface area contributed by atoms with Crippen LogP contribution in [0.3, 0.4) is 0 Å². The highest BCUT2D eigenvalue weighted by Gasteiger charge is 2.41. The van der Waals surface area contributed by atoms with Crippen molar-refractivity contribution in [3.63, 3.8) is 0 Å². The molecule has 3 aromatic carbocycles. The van der Waals surface area contributed by atoms with Gasteiger partial charge in [-0.1, -0.05) is 6.07 Å². The van der Waals surface area contributed by atoms with Crippen molar-refractivity contribution >= 4 is 10.9 Å². The maximum Gasteiger partial charge on any atom is 0.237 e. The van der Waals surface area contributed by atoms with Crippen molar-refractivity contribution in [3.8, 4) is 0 Å². The van der Waals surface area contributed by atoms with Crippen LogP contribution in [0, 0.1) is 48.8 Å². The molecule has 0 aliphatic carbocycles. The van der Waals surface area contributed by atoms with E-state index in [1.165, 1.54) is 12.1 Å². The van der Waals surface area contributed by atoms with Crippen LogP contribution >= 0.6 is 0 Å². The van der Waals surface area contributed by atoms with Gasteiger partial charge in [0.25, 0.3) is 0 Å². The minimum absolute atomic E-state index is 0.223. The van der Waals surface area contributed by atoms with Gasteiger partial charge in [0.15, 0.2) is 28.2 Å². The summed E-state index contributed by atoms with van der Waals surface area (Å²) in [6.07, 6.45) is 0. The predicted molar refractivity (Wildman–Crippen MR) is 90.7 cm³/mol. The molecule has 0 N–H and O–H groups in total. The third kappa shape index (κ3) is 3.83. The molecule has 3 aromatic rings. The van der Waals surface area contributed by atoms with Gasteiger partial charge < -0.3 is 0 Å². The molecule has 0 fully saturated rings. The first-order chi connectivity index (χ1) is 12.7. The molecule has 0 aliphatic heterocycles. The molecular formula is C20H13F6S+. The van der Waals surface area contributed by atoms with E-state index < -0.39 is 55.6 Å². The van der Waals surface area contributed by atoms with Crippen molar-refractivity contribution in [3.05, 3.63) is 88.5 Å². The largest absolute Gasteiger partial charge is 0.237 e. The Labute approximate surface area is 154 Å². The Hall–Kier alpha value is -2.41. The zero-order chi connectivity index (χ0) is 19.9. The molecule has 0 bridgehead atoms. The lowest BCUT2D eigenvalue weighted by Crippen LogP contribution is -2.14. The summed E-state index contributed by atoms with van der Waals surface area (Å²) in [5, 5.41) is 0. The second-order valence-corrected chi connectivity index (χ2v) is 7.93. The average molecular weight is 399 g/mol. The van der Waals surface area contributed by atoms with Gasteiger partial charge in [-0.25, -0.2) is 26.3 Å². The Morgan fingerprint density at radius 2 is 0.852 bits per heavy atom. The Bertz CT molecular complexity index is 907. The molecule has 140 valence electrons. The summed E-state index contributed by atoms with van der Waals surface area (Å²) < 4.78 is 84.6. The van der Waals surface area contributed by atoms with E-state index in [1.807, 2.05) is 0 Å². The lowest BCUT2D eigenvalue weighted by molar-refractivity contribution is 0.501. The highest BCUT2D eigenvalue weighted by Crippen LogP contribution is 2.38. The maximum absolute atomic E-state index is 14.5. The first-order valence-electron chi connectivity index (χ1n) is 7.79. The molecule has 0 saturated heterocycles. The summed E-state index contributed by atoms with van der Waals surface area (Å²) in [6.45, 7) is 3.43. The van der Waals surface area contributed by atoms with Crippen LogP contribution in [0.15, 0.2) is 57.2 Å². The Morgan fingerprint density at radius 3 is 1.19 bits per heavy atom. The van der Waals surface area contributed by atoms with Crippen molar-refractivity contribution < 1.29 is 26.3 Å². The molecule has 27 heavy (non-hydrogen) atoms. The smallest absolute Gasteiger partial charge is 0.207 e. The first kappa shape index (κ1) is 19.4. The van der Waals surface area contributed by atoms with Crippen LogP contribution in [0.5, 0.6) is 0 Å². The molecule has 0 atom stereocenters. The predicted octanol–water partition coefficient (Wildman–Crippen LogP) is 6.23. The Balaban J connectivity index is 2.39. The van der Waals surface area contributed by atoms with Crippen LogP contribution in [0.1, 0.15) is 11.1 Å². The fourth-order valence-electron chi connectivity index (χ4n) is 2.84. The Kier molecular flexibility index (Phi) is 5.24. The van der Waals surface area contributed by atoms with Gasteiger partial charge in [0.2, 0.25) is 9.79 Å². The third-order valence-electron chi connectivity index (χ3n) is 3.77. The van der Waals surface area contributed by atoms with Gasteiger partial charge in [-0.3, -0.25) is 0 Å². The minimum atomic E-state index is -1.93. The first-order valence-corrected chi connectivity index (χ1v) is 9.01. The third-order valence-corrected chi connectivity index (χ3v) is 6.07. The van der Waals surface area contributed by atoms with Gasteiger partial charge in [-0.2, -0.15) is 0 Å². The van der Waals surface area contributed by atoms with Crippen molar-refractivity contribution in [2.75, 3.05) is 0 Å². The van der Waals surface area contributed by atoms with E-state index in [1.54, 1.807) is 19.9 Å². The summed E-state index contributed by atoms with van der Waals surface area (Å²) in [6, 6.07) is 6.61. The number of hydrogen-bond donors (Lipinski definition) is 0. The van der Waals surface area contributed by atoms with Crippen molar-refractivity contribution in [2.45, 2.75) is 28.5 Å². The fraction of sp³-hybridized carbons (Fsp3) is 0.100. The standard InChI is InChI=1S/C20H13F6S/c1-10-3-11(2)5-14(4-10)27(19-15(23)6-12(21)7-16(19)24)20-17(25)8-13(22)9-18(20)26/h3-9H,1-2H3/q+1. The SMILES string of the molecule is Cc1cc(C)cc([S+](c2c(F)cc(F)cc2F)c2c(F)cc(F)cc2F)c1. The van der Waals surface area contributed by atoms with Gasteiger partial charge in [0.1, 0.15) is 22.5 Å². The van der Waals surface area contributed by atoms with E-state index >= 15 is 0 Å². The lowest BCUT2D eigenvalue weighted by atomic mass is 10.2. The van der Waals surface area contributed by atoms with Gasteiger partial charge in [0.05, 0.1) is 0 Å². The molecule has 0 amide bonds. The zero-order valence-electron chi connectivity index (χ0n) is 14.2. The van der Waals surface area contributed by atoms with Crippen LogP contribution in [0.2, 0.25) is 0 Å². The van der Waals surface area contributed by atoms with Crippen LogP contribution < -0.4 is 0 Å². The molecule has 7 heteroatoms. The normalized spacial score (nSPS) is 11.3. The summed E-state index contributed by atoms with van der Waals surface area (Å²) in [4.78, 5) is -1.15. The summed E-state index contributed by atoms with van der Waals surface area (Å²) in [7, 11) is -1.93. The molecule has 0 aliphatic rings. The van der Waals surface area contributed by atoms with Gasteiger partial charge in [-0.05, 0) is 37.1 Å². The summed E-state index contributed by atoms with van der Waals surface area (Å²) >= 11 is 0. The highest BCUT2D eigenvalue weighted by atomic mass is 32.2. The van der Waals surface area contributed by atoms with E-state index in [0.717, 1.165) is 0 Å². The fourth-order valence-corrected chi connectivity index (χ4v) is 5.14. The number of halogens is 6. The van der Waals surface area contributed by atoms with E-state index in [4.69, 9.17) is 0 Å². The molecule has 0 spiro atoms. The zero-order valence-corrected chi connectivity index (χ0v) is 15.0. The van der Waals surface area contributed by atoms with Crippen LogP contribution in [0.25, 0.3) is 0 Å². The van der Waals surface area contributed by atoms with E-state index in [0.29, 0.717) is 35.4 Å². The quantitative estimate of drug-likeness (QED) is 0.362. The minimum Gasteiger partial charge on any atom is -0.207 e. The monoisotopic (exact) mass is 399 g/mol. The number of aryl methyl sites for hydroxylation is 2. The number of hydrogen-bond acceptors (Lipinski definition) is 0. The van der Waals surface area contributed by atoms with Gasteiger partial charge in [0, 0.05) is 24.3 Å². The van der Waals surface area contributed by atoms with E-state index in [-0.39, 0.29) is 4.90 Å². The molecule has 0 saturated carbocycles. The second kappa shape index (κ2) is 7.31. The molecule has 0 aromatic heterocycles. The van der Waals surface area contributed by atoms with Crippen LogP contribution in [0.4, 0.5) is 26.3 Å². The van der Waals surface area contributed by atoms with E-state index in [2.05, 4.69) is 0 Å². The molecule has 0 heterocycles. The number of benzene rings is 3. The van der Waals surface area contributed by atoms with Crippen molar-refractivity contribution in [1.82, 2.24) is 0 Å². The molecular weight excluding hydrogens is 386 g/mol. The topological polar surface area (TPSA) is 0 Å². The maximum atomic E-state index is 14.5. The Morgan fingerprint density at radius 1 is 0.519 bits per heavy atom. The molecule has 0 unspecified atom stereocenters. The van der Waals surface area contributed by atoms with Crippen molar-refractivity contribution in [1.29, 1.82) is 0 Å². The second-order valence-electron chi connectivity index (χ2n) is 6.03. The molecule has 0 radical (unpaired) electrons. The average Bonchev–Trinajstić information content (AvgIpc) is 2.50. The van der Waals surface area contributed by atoms with Crippen molar-refractivity contribution in [2.24, 2.45) is 0 Å². The van der Waals surface area contributed by atoms with E-state index in [9.17, 15) is 26.3 Å². The van der Waals surface area contributed by atoms with Crippen LogP contribution in [-0.4, -0.2) is 0 Å². The van der Waals surface area contributed by atoms with Gasteiger partial charge >= 0.3 is 0 Å². The highest BCUT2D eigenvalue weighted by molar-refractivity contribution is 7.97. The van der Waals surface area contributed by atoms with Crippen LogP contribution in [-0.2, 0) is 10.9 Å². The molecule has 3 rings (SSSR count). The summed E-state index contributed by atoms with van der Waals surface area (Å²) in [5.74, 6) is -7.43.